The van der Waals surface area contributed by atoms with Gasteiger partial charge in [0.05, 0.1) is 5.52 Å². The Labute approximate surface area is 127 Å². The summed E-state index contributed by atoms with van der Waals surface area (Å²) in [5.74, 6) is 0.564. The number of hydrogen-bond donors (Lipinski definition) is 2. The normalized spacial score (nSPS) is 12.7. The van der Waals surface area contributed by atoms with Crippen LogP contribution in [0.4, 0.5) is 0 Å². The Morgan fingerprint density at radius 3 is 2.81 bits per heavy atom. The number of rotatable bonds is 8. The highest BCUT2D eigenvalue weighted by atomic mass is 16.3. The molecular weight excluding hydrogens is 260 g/mol. The number of pyridine rings is 1. The van der Waals surface area contributed by atoms with Gasteiger partial charge in [-0.05, 0) is 49.9 Å². The fourth-order valence-corrected chi connectivity index (χ4v) is 2.89. The fourth-order valence-electron chi connectivity index (χ4n) is 2.89. The van der Waals surface area contributed by atoms with Gasteiger partial charge in [-0.3, -0.25) is 4.98 Å². The maximum absolute atomic E-state index is 9.12. The lowest BCUT2D eigenvalue weighted by Crippen LogP contribution is -2.23. The van der Waals surface area contributed by atoms with Gasteiger partial charge in [0.15, 0.2) is 0 Å². The maximum Gasteiger partial charge on any atom is 0.0708 e. The van der Waals surface area contributed by atoms with E-state index in [0.29, 0.717) is 5.92 Å². The first-order valence-corrected chi connectivity index (χ1v) is 7.91. The van der Waals surface area contributed by atoms with Gasteiger partial charge in [-0.2, -0.15) is 0 Å². The summed E-state index contributed by atoms with van der Waals surface area (Å²) in [6.07, 6.45) is 3.23. The van der Waals surface area contributed by atoms with Crippen molar-refractivity contribution >= 4 is 10.9 Å². The van der Waals surface area contributed by atoms with E-state index >= 15 is 0 Å². The summed E-state index contributed by atoms with van der Waals surface area (Å²) >= 11 is 0. The van der Waals surface area contributed by atoms with Gasteiger partial charge in [0.1, 0.15) is 0 Å². The van der Waals surface area contributed by atoms with E-state index in [9.17, 15) is 0 Å². The third-order valence-corrected chi connectivity index (χ3v) is 3.91. The summed E-state index contributed by atoms with van der Waals surface area (Å²) in [5, 5.41) is 13.9. The molecule has 0 saturated heterocycles. The number of nitrogens with one attached hydrogen (secondary N) is 1. The predicted octanol–water partition coefficient (Wildman–Crippen LogP) is 3.43. The molecule has 2 N–H and O–H groups in total. The lowest BCUT2D eigenvalue weighted by Gasteiger charge is -2.16. The Balaban J connectivity index is 2.02. The van der Waals surface area contributed by atoms with Gasteiger partial charge in [0.2, 0.25) is 0 Å². The van der Waals surface area contributed by atoms with Crippen LogP contribution in [0.3, 0.4) is 0 Å². The molecule has 114 valence electrons. The quantitative estimate of drug-likeness (QED) is 0.781. The van der Waals surface area contributed by atoms with E-state index in [-0.39, 0.29) is 6.61 Å². The molecule has 0 aliphatic heterocycles. The second-order valence-electron chi connectivity index (χ2n) is 5.74. The Morgan fingerprint density at radius 2 is 2.05 bits per heavy atom. The van der Waals surface area contributed by atoms with Gasteiger partial charge >= 0.3 is 0 Å². The smallest absolute Gasteiger partial charge is 0.0708 e. The largest absolute Gasteiger partial charge is 0.396 e. The molecule has 0 fully saturated rings. The second kappa shape index (κ2) is 8.11. The zero-order valence-electron chi connectivity index (χ0n) is 13.1. The molecule has 1 unspecified atom stereocenters. The Bertz CT molecular complexity index is 562. The number of aromatic nitrogens is 1. The van der Waals surface area contributed by atoms with Gasteiger partial charge < -0.3 is 10.4 Å². The number of benzene rings is 1. The molecule has 1 atom stereocenters. The third-order valence-electron chi connectivity index (χ3n) is 3.91. The van der Waals surface area contributed by atoms with E-state index in [4.69, 9.17) is 5.11 Å². The van der Waals surface area contributed by atoms with Crippen molar-refractivity contribution in [3.63, 3.8) is 0 Å². The van der Waals surface area contributed by atoms with Crippen LogP contribution in [0, 0.1) is 12.8 Å². The molecule has 3 heteroatoms. The van der Waals surface area contributed by atoms with Gasteiger partial charge in [-0.1, -0.05) is 31.5 Å². The molecule has 2 aromatic rings. The van der Waals surface area contributed by atoms with Crippen LogP contribution >= 0.6 is 0 Å². The molecule has 21 heavy (non-hydrogen) atoms. The Morgan fingerprint density at radius 1 is 1.24 bits per heavy atom. The Kier molecular flexibility index (Phi) is 6.15. The summed E-state index contributed by atoms with van der Waals surface area (Å²) in [4.78, 5) is 4.58. The minimum Gasteiger partial charge on any atom is -0.396 e. The van der Waals surface area contributed by atoms with Crippen LogP contribution in [0.25, 0.3) is 10.9 Å². The third kappa shape index (κ3) is 4.51. The summed E-state index contributed by atoms with van der Waals surface area (Å²) in [6.45, 7) is 6.34. The number of nitrogens with zero attached hydrogens (tertiary/aromatic N) is 1. The van der Waals surface area contributed by atoms with E-state index in [0.717, 1.165) is 30.7 Å². The highest BCUT2D eigenvalue weighted by Crippen LogP contribution is 2.18. The minimum atomic E-state index is 0.281. The van der Waals surface area contributed by atoms with Gasteiger partial charge in [0.25, 0.3) is 0 Å². The van der Waals surface area contributed by atoms with E-state index in [1.54, 1.807) is 0 Å². The van der Waals surface area contributed by atoms with Crippen molar-refractivity contribution in [2.75, 3.05) is 13.2 Å². The van der Waals surface area contributed by atoms with Crippen LogP contribution in [0.1, 0.15) is 37.4 Å². The zero-order chi connectivity index (χ0) is 15.1. The molecular formula is C18H26N2O. The lowest BCUT2D eigenvalue weighted by atomic mass is 10.00. The first-order valence-electron chi connectivity index (χ1n) is 7.91. The molecule has 1 aromatic carbocycles. The lowest BCUT2D eigenvalue weighted by molar-refractivity contribution is 0.248. The van der Waals surface area contributed by atoms with Crippen molar-refractivity contribution in [2.24, 2.45) is 5.92 Å². The first-order chi connectivity index (χ1) is 10.2. The van der Waals surface area contributed by atoms with Gasteiger partial charge in [0, 0.05) is 24.2 Å². The standard InChI is InChI=1S/C18H26N2O/c1-3-6-15(9-10-21)12-19-13-16-11-14(2)20-18-8-5-4-7-17(16)18/h4-5,7-8,11,15,19,21H,3,6,9-10,12-13H2,1-2H3. The van der Waals surface area contributed by atoms with Crippen molar-refractivity contribution in [1.29, 1.82) is 0 Å². The first kappa shape index (κ1) is 15.9. The molecule has 0 amide bonds. The van der Waals surface area contributed by atoms with Crippen LogP contribution in [0.5, 0.6) is 0 Å². The van der Waals surface area contributed by atoms with Crippen molar-refractivity contribution in [3.05, 3.63) is 41.6 Å². The van der Waals surface area contributed by atoms with Crippen molar-refractivity contribution in [1.82, 2.24) is 10.3 Å². The molecule has 0 aliphatic rings. The van der Waals surface area contributed by atoms with E-state index < -0.39 is 0 Å². The number of fused-ring (bicyclic) bond motifs is 1. The number of aliphatic hydroxyl groups excluding tert-OH is 1. The summed E-state index contributed by atoms with van der Waals surface area (Å²) < 4.78 is 0. The van der Waals surface area contributed by atoms with Crippen LogP contribution in [-0.2, 0) is 6.54 Å². The predicted molar refractivity (Wildman–Crippen MR) is 88.3 cm³/mol. The molecule has 0 spiro atoms. The summed E-state index contributed by atoms with van der Waals surface area (Å²) in [7, 11) is 0. The number of para-hydroxylation sites is 1. The topological polar surface area (TPSA) is 45.1 Å². The second-order valence-corrected chi connectivity index (χ2v) is 5.74. The van der Waals surface area contributed by atoms with Crippen LogP contribution in [0.2, 0.25) is 0 Å². The highest BCUT2D eigenvalue weighted by Gasteiger charge is 2.08. The number of aryl methyl sites for hydroxylation is 1. The monoisotopic (exact) mass is 286 g/mol. The van der Waals surface area contributed by atoms with Gasteiger partial charge in [-0.15, -0.1) is 0 Å². The maximum atomic E-state index is 9.12. The zero-order valence-corrected chi connectivity index (χ0v) is 13.1. The average molecular weight is 286 g/mol. The molecule has 0 saturated carbocycles. The summed E-state index contributed by atoms with van der Waals surface area (Å²) in [6, 6.07) is 10.5. The molecule has 3 nitrogen and oxygen atoms in total. The molecule has 0 aliphatic carbocycles. The summed E-state index contributed by atoms with van der Waals surface area (Å²) in [5.41, 5.74) is 3.43. The molecule has 0 radical (unpaired) electrons. The molecule has 2 rings (SSSR count). The van der Waals surface area contributed by atoms with E-state index in [2.05, 4.69) is 41.5 Å². The van der Waals surface area contributed by atoms with Crippen molar-refractivity contribution in [3.8, 4) is 0 Å². The van der Waals surface area contributed by atoms with Crippen LogP contribution < -0.4 is 5.32 Å². The van der Waals surface area contributed by atoms with E-state index in [1.807, 2.05) is 13.0 Å². The van der Waals surface area contributed by atoms with E-state index in [1.165, 1.54) is 23.8 Å². The van der Waals surface area contributed by atoms with Gasteiger partial charge in [-0.25, -0.2) is 0 Å². The molecule has 1 aromatic heterocycles. The Hall–Kier alpha value is -1.45. The number of hydrogen-bond acceptors (Lipinski definition) is 3. The van der Waals surface area contributed by atoms with Crippen molar-refractivity contribution in [2.45, 2.75) is 39.7 Å². The number of aliphatic hydroxyl groups is 1. The molecule has 1 heterocycles. The fraction of sp³-hybridized carbons (Fsp3) is 0.500. The van der Waals surface area contributed by atoms with Crippen molar-refractivity contribution < 1.29 is 5.11 Å². The molecule has 0 bridgehead atoms. The van der Waals surface area contributed by atoms with Crippen LogP contribution in [0.15, 0.2) is 30.3 Å². The average Bonchev–Trinajstić information content (AvgIpc) is 2.47. The SMILES string of the molecule is CCCC(CCO)CNCc1cc(C)nc2ccccc12. The minimum absolute atomic E-state index is 0.281. The highest BCUT2D eigenvalue weighted by molar-refractivity contribution is 5.82. The van der Waals surface area contributed by atoms with Crippen LogP contribution in [-0.4, -0.2) is 23.2 Å².